The van der Waals surface area contributed by atoms with Crippen LogP contribution in [0.2, 0.25) is 0 Å². The summed E-state index contributed by atoms with van der Waals surface area (Å²) in [5.41, 5.74) is -0.457. The van der Waals surface area contributed by atoms with Gasteiger partial charge in [0.2, 0.25) is 5.88 Å². The van der Waals surface area contributed by atoms with Gasteiger partial charge in [-0.25, -0.2) is 19.3 Å². The summed E-state index contributed by atoms with van der Waals surface area (Å²) in [6.07, 6.45) is -8.94. The molecule has 1 saturated heterocycles. The second kappa shape index (κ2) is 11.3. The van der Waals surface area contributed by atoms with E-state index in [0.29, 0.717) is 11.9 Å². The lowest BCUT2D eigenvalue weighted by Gasteiger charge is -2.34. The lowest BCUT2D eigenvalue weighted by Crippen LogP contribution is -2.49. The predicted molar refractivity (Wildman–Crippen MR) is 126 cm³/mol. The van der Waals surface area contributed by atoms with Crippen LogP contribution in [-0.4, -0.2) is 68.2 Å². The minimum absolute atomic E-state index is 0.0151. The summed E-state index contributed by atoms with van der Waals surface area (Å²) >= 11 is 0.896. The maximum atomic E-state index is 14.4. The van der Waals surface area contributed by atoms with Crippen LogP contribution >= 0.6 is 11.5 Å². The molecule has 3 aromatic heterocycles. The van der Waals surface area contributed by atoms with E-state index in [0.717, 1.165) is 22.6 Å². The Labute approximate surface area is 220 Å². The van der Waals surface area contributed by atoms with Crippen LogP contribution in [0.25, 0.3) is 0 Å². The van der Waals surface area contributed by atoms with Gasteiger partial charge in [0.25, 0.3) is 5.91 Å². The lowest BCUT2D eigenvalue weighted by molar-refractivity contribution is -0.153. The number of hydrogen-bond donors (Lipinski definition) is 2. The van der Waals surface area contributed by atoms with E-state index in [1.54, 1.807) is 6.92 Å². The van der Waals surface area contributed by atoms with E-state index in [1.165, 1.54) is 18.3 Å². The van der Waals surface area contributed by atoms with Crippen LogP contribution in [0.4, 0.5) is 47.2 Å². The zero-order chi connectivity index (χ0) is 28.4. The summed E-state index contributed by atoms with van der Waals surface area (Å²) in [6, 6.07) is 2.82. The predicted octanol–water partition coefficient (Wildman–Crippen LogP) is 5.00. The second-order valence-electron chi connectivity index (χ2n) is 8.53. The molecule has 17 heteroatoms. The van der Waals surface area contributed by atoms with Crippen LogP contribution in [-0.2, 0) is 6.18 Å². The van der Waals surface area contributed by atoms with Gasteiger partial charge in [0, 0.05) is 25.6 Å². The molecule has 0 saturated carbocycles. The van der Waals surface area contributed by atoms with Crippen molar-refractivity contribution in [2.24, 2.45) is 0 Å². The van der Waals surface area contributed by atoms with E-state index >= 15 is 0 Å². The zero-order valence-corrected chi connectivity index (χ0v) is 20.8. The van der Waals surface area contributed by atoms with E-state index in [-0.39, 0.29) is 40.9 Å². The number of aromatic nitrogens is 4. The number of nitrogens with zero attached hydrogens (tertiary/aromatic N) is 5. The number of carbonyl (C=O) groups excluding carboxylic acids is 1. The van der Waals surface area contributed by atoms with Gasteiger partial charge >= 0.3 is 12.4 Å². The van der Waals surface area contributed by atoms with Crippen LogP contribution < -0.4 is 15.4 Å². The molecule has 1 aliphatic heterocycles. The average Bonchev–Trinajstić information content (AvgIpc) is 3.20. The Bertz CT molecular complexity index is 1280. The monoisotopic (exact) mass is 579 g/mol. The molecule has 0 unspecified atom stereocenters. The zero-order valence-electron chi connectivity index (χ0n) is 20.0. The number of ether oxygens (including phenoxy) is 1. The minimum atomic E-state index is -4.64. The fourth-order valence-corrected chi connectivity index (χ4v) is 4.53. The molecular formula is C22H20F7N7O2S. The molecular weight excluding hydrogens is 559 g/mol. The number of carbonyl (C=O) groups is 1. The molecule has 210 valence electrons. The van der Waals surface area contributed by atoms with Crippen molar-refractivity contribution in [2.45, 2.75) is 38.0 Å². The first-order valence-corrected chi connectivity index (χ1v) is 12.1. The van der Waals surface area contributed by atoms with Crippen molar-refractivity contribution in [3.05, 3.63) is 47.7 Å². The Morgan fingerprint density at radius 1 is 1.13 bits per heavy atom. The minimum Gasteiger partial charge on any atom is -0.471 e. The quantitative estimate of drug-likeness (QED) is 0.377. The number of nitrogens with one attached hydrogen (secondary N) is 2. The van der Waals surface area contributed by atoms with Crippen molar-refractivity contribution in [1.82, 2.24) is 24.2 Å². The Morgan fingerprint density at radius 3 is 2.49 bits per heavy atom. The third kappa shape index (κ3) is 7.50. The van der Waals surface area contributed by atoms with Crippen molar-refractivity contribution in [2.75, 3.05) is 30.3 Å². The number of anilines is 3. The van der Waals surface area contributed by atoms with Crippen LogP contribution in [0, 0.1) is 6.92 Å². The number of alkyl halides is 7. The molecule has 4 rings (SSSR count). The van der Waals surface area contributed by atoms with Gasteiger partial charge in [-0.15, -0.1) is 0 Å². The number of pyridine rings is 1. The molecule has 3 aromatic rings. The highest BCUT2D eigenvalue weighted by atomic mass is 32.1. The van der Waals surface area contributed by atoms with Gasteiger partial charge in [0.05, 0.1) is 42.1 Å². The fraction of sp³-hybridized carbons (Fsp3) is 0.409. The molecule has 0 spiro atoms. The summed E-state index contributed by atoms with van der Waals surface area (Å²) in [6.45, 7) is -0.0273. The third-order valence-electron chi connectivity index (χ3n) is 5.51. The molecule has 1 aliphatic rings. The maximum absolute atomic E-state index is 14.4. The van der Waals surface area contributed by atoms with E-state index in [9.17, 15) is 35.5 Å². The summed E-state index contributed by atoms with van der Waals surface area (Å²) < 4.78 is 99.7. The molecule has 0 aromatic carbocycles. The standard InChI is InChI=1S/C22H20F7N7O2S/c1-11-18(20(39-35-11)34-16-8-30-15(7-31-16)22(27,28)29)19(37)33-12-2-3-17(32-6-12)38-14-4-5-36(9-13(14)23)10-21(24,25)26/h2-3,6-8,13-14H,4-5,9-10H2,1H3,(H,31,34)(H,33,37)/t13-,14+/m0/s1. The highest BCUT2D eigenvalue weighted by Gasteiger charge is 2.37. The molecule has 1 fully saturated rings. The first-order chi connectivity index (χ1) is 18.3. The Hall–Kier alpha value is -3.60. The number of halogens is 7. The van der Waals surface area contributed by atoms with Crippen LogP contribution in [0.3, 0.4) is 0 Å². The summed E-state index contributed by atoms with van der Waals surface area (Å²) in [5.74, 6) is -0.597. The van der Waals surface area contributed by atoms with Gasteiger partial charge in [0.1, 0.15) is 23.1 Å². The largest absolute Gasteiger partial charge is 0.471 e. The molecule has 2 atom stereocenters. The molecule has 2 N–H and O–H groups in total. The molecule has 4 heterocycles. The maximum Gasteiger partial charge on any atom is 0.434 e. The van der Waals surface area contributed by atoms with Gasteiger partial charge < -0.3 is 15.4 Å². The van der Waals surface area contributed by atoms with Crippen LogP contribution in [0.1, 0.15) is 28.2 Å². The van der Waals surface area contributed by atoms with Crippen LogP contribution in [0.5, 0.6) is 5.88 Å². The number of piperidine rings is 1. The highest BCUT2D eigenvalue weighted by Crippen LogP contribution is 2.30. The van der Waals surface area contributed by atoms with Crippen molar-refractivity contribution in [3.63, 3.8) is 0 Å². The first-order valence-electron chi connectivity index (χ1n) is 11.3. The molecule has 9 nitrogen and oxygen atoms in total. The van der Waals surface area contributed by atoms with Gasteiger partial charge in [-0.1, -0.05) is 0 Å². The fourth-order valence-electron chi connectivity index (χ4n) is 3.73. The second-order valence-corrected chi connectivity index (χ2v) is 9.31. The summed E-state index contributed by atoms with van der Waals surface area (Å²) in [5, 5.41) is 5.56. The number of hydrogen-bond acceptors (Lipinski definition) is 9. The number of amides is 1. The van der Waals surface area contributed by atoms with E-state index in [2.05, 4.69) is 30.0 Å². The van der Waals surface area contributed by atoms with Crippen molar-refractivity contribution in [1.29, 1.82) is 0 Å². The van der Waals surface area contributed by atoms with Gasteiger partial charge in [0.15, 0.2) is 5.69 Å². The first kappa shape index (κ1) is 28.4. The van der Waals surface area contributed by atoms with E-state index in [1.807, 2.05) is 0 Å². The van der Waals surface area contributed by atoms with Crippen LogP contribution in [0.15, 0.2) is 30.7 Å². The topological polar surface area (TPSA) is 105 Å². The van der Waals surface area contributed by atoms with Gasteiger partial charge in [-0.05, 0) is 24.5 Å². The van der Waals surface area contributed by atoms with E-state index in [4.69, 9.17) is 4.74 Å². The molecule has 39 heavy (non-hydrogen) atoms. The smallest absolute Gasteiger partial charge is 0.434 e. The normalized spacial score (nSPS) is 18.6. The highest BCUT2D eigenvalue weighted by molar-refractivity contribution is 7.10. The third-order valence-corrected chi connectivity index (χ3v) is 6.36. The number of rotatable bonds is 7. The average molecular weight is 580 g/mol. The van der Waals surface area contributed by atoms with Gasteiger partial charge in [-0.3, -0.25) is 9.69 Å². The van der Waals surface area contributed by atoms with E-state index < -0.39 is 49.3 Å². The lowest BCUT2D eigenvalue weighted by atomic mass is 10.1. The number of likely N-dealkylation sites (tertiary alicyclic amines) is 1. The summed E-state index contributed by atoms with van der Waals surface area (Å²) in [4.78, 5) is 24.9. The molecule has 0 radical (unpaired) electrons. The number of aryl methyl sites for hydroxylation is 1. The molecule has 0 bridgehead atoms. The van der Waals surface area contributed by atoms with Gasteiger partial charge in [-0.2, -0.15) is 30.7 Å². The SMILES string of the molecule is Cc1nsc(Nc2cnc(C(F)(F)F)cn2)c1C(=O)Nc1ccc(O[C@@H]2CCN(CC(F)(F)F)C[C@@H]2F)nc1. The van der Waals surface area contributed by atoms with Crippen molar-refractivity contribution in [3.8, 4) is 5.88 Å². The Morgan fingerprint density at radius 2 is 1.90 bits per heavy atom. The van der Waals surface area contributed by atoms with Crippen molar-refractivity contribution < 1.29 is 40.3 Å². The Kier molecular flexibility index (Phi) is 8.20. The summed E-state index contributed by atoms with van der Waals surface area (Å²) in [7, 11) is 0. The Balaban J connectivity index is 1.36. The molecule has 0 aliphatic carbocycles. The van der Waals surface area contributed by atoms with Crippen molar-refractivity contribution >= 4 is 33.9 Å². The molecule has 1 amide bonds.